The van der Waals surface area contributed by atoms with Crippen LogP contribution in [0, 0.1) is 0 Å². The van der Waals surface area contributed by atoms with E-state index < -0.39 is 12.1 Å². The lowest BCUT2D eigenvalue weighted by atomic mass is 10.0. The number of carbonyl (C=O) groups is 2. The summed E-state index contributed by atoms with van der Waals surface area (Å²) in [4.78, 5) is 24.5. The molecule has 0 aliphatic heterocycles. The van der Waals surface area contributed by atoms with E-state index in [0.717, 1.165) is 57.8 Å². The fraction of sp³-hybridized carbons (Fsp3) is 0.844. The summed E-state index contributed by atoms with van der Waals surface area (Å²) >= 11 is 0. The normalized spacial score (nSPS) is 12.9. The number of carbonyl (C=O) groups excluding carboxylic acids is 2. The van der Waals surface area contributed by atoms with Gasteiger partial charge in [-0.25, -0.2) is 0 Å². The van der Waals surface area contributed by atoms with Crippen molar-refractivity contribution in [3.63, 3.8) is 0 Å². The number of allylic oxidation sites excluding steroid dienone is 7. The van der Waals surface area contributed by atoms with Crippen molar-refractivity contribution < 1.29 is 24.5 Å². The molecule has 410 valence electrons. The Labute approximate surface area is 436 Å². The van der Waals surface area contributed by atoms with E-state index in [-0.39, 0.29) is 18.5 Å². The summed E-state index contributed by atoms with van der Waals surface area (Å²) < 4.78 is 5.46. The zero-order chi connectivity index (χ0) is 50.7. The van der Waals surface area contributed by atoms with Crippen LogP contribution in [0.5, 0.6) is 0 Å². The van der Waals surface area contributed by atoms with E-state index >= 15 is 0 Å². The third-order valence-corrected chi connectivity index (χ3v) is 14.0. The van der Waals surface area contributed by atoms with Crippen LogP contribution in [0.3, 0.4) is 0 Å². The summed E-state index contributed by atoms with van der Waals surface area (Å²) in [6, 6.07) is -0.634. The molecule has 70 heavy (non-hydrogen) atoms. The van der Waals surface area contributed by atoms with Gasteiger partial charge >= 0.3 is 5.97 Å². The van der Waals surface area contributed by atoms with E-state index in [1.807, 2.05) is 6.08 Å². The highest BCUT2D eigenvalue weighted by Crippen LogP contribution is 2.17. The number of aliphatic hydroxyl groups excluding tert-OH is 2. The first kappa shape index (κ1) is 67.8. The molecule has 0 bridgehead atoms. The molecule has 0 aliphatic rings. The van der Waals surface area contributed by atoms with E-state index in [4.69, 9.17) is 4.74 Å². The predicted molar refractivity (Wildman–Crippen MR) is 306 cm³/mol. The second-order valence-electron chi connectivity index (χ2n) is 21.0. The maximum absolute atomic E-state index is 12.5. The molecule has 1 amide bonds. The number of aliphatic hydroxyl groups is 2. The Hall–Kier alpha value is -2.18. The van der Waals surface area contributed by atoms with Gasteiger partial charge in [0.2, 0.25) is 5.91 Å². The second kappa shape index (κ2) is 59.4. The lowest BCUT2D eigenvalue weighted by Crippen LogP contribution is -2.45. The Morgan fingerprint density at radius 2 is 0.743 bits per heavy atom. The minimum Gasteiger partial charge on any atom is -0.466 e. The first-order valence-corrected chi connectivity index (χ1v) is 30.9. The van der Waals surface area contributed by atoms with Gasteiger partial charge in [-0.1, -0.05) is 274 Å². The van der Waals surface area contributed by atoms with Crippen molar-refractivity contribution in [3.8, 4) is 0 Å². The molecule has 6 heteroatoms. The molecule has 0 aromatic rings. The first-order valence-electron chi connectivity index (χ1n) is 30.9. The minimum atomic E-state index is -0.850. The van der Waals surface area contributed by atoms with Crippen LogP contribution in [0.2, 0.25) is 0 Å². The van der Waals surface area contributed by atoms with Gasteiger partial charge in [-0.2, -0.15) is 0 Å². The van der Waals surface area contributed by atoms with E-state index in [1.54, 1.807) is 6.08 Å². The highest BCUT2D eigenvalue weighted by atomic mass is 16.5. The fourth-order valence-electron chi connectivity index (χ4n) is 9.31. The van der Waals surface area contributed by atoms with Crippen LogP contribution >= 0.6 is 0 Å². The molecular formula is C64H119NO5. The second-order valence-corrected chi connectivity index (χ2v) is 21.0. The highest BCUT2D eigenvalue weighted by Gasteiger charge is 2.18. The molecule has 2 atom stereocenters. The Morgan fingerprint density at radius 1 is 0.400 bits per heavy atom. The predicted octanol–water partition coefficient (Wildman–Crippen LogP) is 19.4. The number of esters is 1. The third kappa shape index (κ3) is 55.1. The number of rotatable bonds is 57. The Kier molecular flexibility index (Phi) is 57.5. The lowest BCUT2D eigenvalue weighted by molar-refractivity contribution is -0.143. The van der Waals surface area contributed by atoms with Gasteiger partial charge in [0.15, 0.2) is 0 Å². The fourth-order valence-corrected chi connectivity index (χ4v) is 9.31. The van der Waals surface area contributed by atoms with Crippen LogP contribution in [-0.2, 0) is 14.3 Å². The number of hydrogen-bond acceptors (Lipinski definition) is 5. The van der Waals surface area contributed by atoms with Crippen molar-refractivity contribution in [2.24, 2.45) is 0 Å². The van der Waals surface area contributed by atoms with Crippen molar-refractivity contribution in [3.05, 3.63) is 48.6 Å². The van der Waals surface area contributed by atoms with Gasteiger partial charge in [-0.05, 0) is 83.5 Å². The molecule has 0 spiro atoms. The molecule has 3 N–H and O–H groups in total. The van der Waals surface area contributed by atoms with Gasteiger partial charge in [0.25, 0.3) is 0 Å². The maximum Gasteiger partial charge on any atom is 0.305 e. The first-order chi connectivity index (χ1) is 34.5. The topological polar surface area (TPSA) is 95.9 Å². The van der Waals surface area contributed by atoms with Crippen LogP contribution in [0.4, 0.5) is 0 Å². The summed E-state index contributed by atoms with van der Waals surface area (Å²) in [7, 11) is 0. The third-order valence-electron chi connectivity index (χ3n) is 14.0. The molecule has 0 saturated carbocycles. The SMILES string of the molecule is CCC/C=C\C/C=C\CCCCCCCC(=O)OCCCCCCCCCCCCC/C=C\CCCCCCCCCC(=O)NC(CO)C(O)/C=C/CCCCCCCCCCCCCCCCCC. The Morgan fingerprint density at radius 3 is 1.16 bits per heavy atom. The zero-order valence-corrected chi connectivity index (χ0v) is 46.7. The van der Waals surface area contributed by atoms with Gasteiger partial charge in [0.05, 0.1) is 25.4 Å². The molecular weight excluding hydrogens is 863 g/mol. The monoisotopic (exact) mass is 982 g/mol. The largest absolute Gasteiger partial charge is 0.466 e. The summed E-state index contributed by atoms with van der Waals surface area (Å²) in [5.41, 5.74) is 0. The molecule has 0 radical (unpaired) electrons. The molecule has 0 aromatic heterocycles. The smallest absolute Gasteiger partial charge is 0.305 e. The van der Waals surface area contributed by atoms with E-state index in [2.05, 4.69) is 55.6 Å². The number of unbranched alkanes of at least 4 members (excludes halogenated alkanes) is 40. The van der Waals surface area contributed by atoms with Crippen molar-refractivity contribution in [1.29, 1.82) is 0 Å². The number of ether oxygens (including phenoxy) is 1. The van der Waals surface area contributed by atoms with E-state index in [9.17, 15) is 19.8 Å². The molecule has 0 rings (SSSR count). The molecule has 0 aliphatic carbocycles. The highest BCUT2D eigenvalue weighted by molar-refractivity contribution is 5.76. The maximum atomic E-state index is 12.5. The van der Waals surface area contributed by atoms with Crippen LogP contribution in [-0.4, -0.2) is 47.4 Å². The number of nitrogens with one attached hydrogen (secondary N) is 1. The molecule has 0 fully saturated rings. The van der Waals surface area contributed by atoms with Gasteiger partial charge < -0.3 is 20.3 Å². The molecule has 0 heterocycles. The van der Waals surface area contributed by atoms with Crippen molar-refractivity contribution >= 4 is 11.9 Å². The van der Waals surface area contributed by atoms with Crippen LogP contribution < -0.4 is 5.32 Å². The van der Waals surface area contributed by atoms with Crippen molar-refractivity contribution in [2.75, 3.05) is 13.2 Å². The summed E-state index contributed by atoms with van der Waals surface area (Å²) in [5.74, 6) is -0.0801. The standard InChI is InChI=1S/C64H119NO5/c1-3-5-7-9-11-13-15-17-18-19-26-29-33-36-40-44-48-52-56-62(67)61(60-66)65-63(68)57-53-49-45-41-37-34-30-27-24-22-20-21-23-25-28-31-35-39-43-47-51-55-59-70-64(69)58-54-50-46-42-38-32-16-14-12-10-8-6-4-2/h8,10,14,16,22,24,52,56,61-62,66-67H,3-7,9,11-13,15,17-21,23,25-51,53-55,57-60H2,1-2H3,(H,65,68)/b10-8-,16-14-,24-22-,56-52+. The van der Waals surface area contributed by atoms with Crippen LogP contribution in [0.1, 0.15) is 322 Å². The van der Waals surface area contributed by atoms with Crippen molar-refractivity contribution in [1.82, 2.24) is 5.32 Å². The van der Waals surface area contributed by atoms with Gasteiger partial charge in [-0.15, -0.1) is 0 Å². The van der Waals surface area contributed by atoms with Crippen LogP contribution in [0.25, 0.3) is 0 Å². The summed E-state index contributed by atoms with van der Waals surface area (Å²) in [5, 5.41) is 23.2. The molecule has 0 aromatic carbocycles. The van der Waals surface area contributed by atoms with Crippen LogP contribution in [0.15, 0.2) is 48.6 Å². The quantitative estimate of drug-likeness (QED) is 0.0321. The van der Waals surface area contributed by atoms with Crippen molar-refractivity contribution in [2.45, 2.75) is 334 Å². The average Bonchev–Trinajstić information content (AvgIpc) is 3.36. The van der Waals surface area contributed by atoms with E-state index in [1.165, 1.54) is 238 Å². The number of hydrogen-bond donors (Lipinski definition) is 3. The summed E-state index contributed by atoms with van der Waals surface area (Å²) in [6.45, 7) is 4.84. The van der Waals surface area contributed by atoms with E-state index in [0.29, 0.717) is 19.4 Å². The van der Waals surface area contributed by atoms with Gasteiger partial charge in [-0.3, -0.25) is 9.59 Å². The molecule has 6 nitrogen and oxygen atoms in total. The lowest BCUT2D eigenvalue weighted by Gasteiger charge is -2.20. The minimum absolute atomic E-state index is 0.00629. The zero-order valence-electron chi connectivity index (χ0n) is 46.7. The summed E-state index contributed by atoms with van der Waals surface area (Å²) in [6.07, 6.45) is 75.7. The molecule has 0 saturated heterocycles. The number of amides is 1. The van der Waals surface area contributed by atoms with Gasteiger partial charge in [0.1, 0.15) is 0 Å². The Bertz CT molecular complexity index is 1180. The van der Waals surface area contributed by atoms with Gasteiger partial charge in [0, 0.05) is 12.8 Å². The molecule has 2 unspecified atom stereocenters. The average molecular weight is 983 g/mol. The Balaban J connectivity index is 3.46.